The molecule has 0 saturated heterocycles. The highest BCUT2D eigenvalue weighted by molar-refractivity contribution is 6.98. The van der Waals surface area contributed by atoms with Crippen LogP contribution in [0.3, 0.4) is 0 Å². The molecule has 0 heterocycles. The van der Waals surface area contributed by atoms with E-state index in [4.69, 9.17) is 4.74 Å². The zero-order valence-electron chi connectivity index (χ0n) is 25.6. The minimum Gasteiger partial charge on any atom is -0.496 e. The first-order valence-electron chi connectivity index (χ1n) is 15.9. The summed E-state index contributed by atoms with van der Waals surface area (Å²) in [6.07, 6.45) is 9.23. The molecule has 0 radical (unpaired) electrons. The summed E-state index contributed by atoms with van der Waals surface area (Å²) in [7, 11) is -1.29. The summed E-state index contributed by atoms with van der Waals surface area (Å²) in [6.45, 7) is 6.85. The van der Waals surface area contributed by atoms with Crippen LogP contribution in [0.15, 0.2) is 78.9 Å². The molecule has 0 bridgehead atoms. The van der Waals surface area contributed by atoms with E-state index in [0.717, 1.165) is 67.5 Å². The van der Waals surface area contributed by atoms with Crippen LogP contribution < -0.4 is 15.1 Å². The summed E-state index contributed by atoms with van der Waals surface area (Å²) < 4.78 is 5.79. The standard InChI is InChI=1S/C37H50O3Si/c1-5-6-15-30(38)21-22-33-29(23-28-25-35-27(24-34(28)33)14-13-20-36(35)40-4)26-37(2,3)41(39,31-16-9-7-10-17-31)32-18-11-8-12-19-32/h7-14,16-20,28-30,33-34,38-39H,5-6,15,21-26H2,1-4H3/t28-,29+,30+,33+,34+/m1/s1. The molecule has 41 heavy (non-hydrogen) atoms. The first kappa shape index (κ1) is 30.1. The molecule has 0 aromatic heterocycles. The molecule has 4 heteroatoms. The highest BCUT2D eigenvalue weighted by Crippen LogP contribution is 2.56. The summed E-state index contributed by atoms with van der Waals surface area (Å²) in [6, 6.07) is 27.5. The lowest BCUT2D eigenvalue weighted by atomic mass is 9.72. The topological polar surface area (TPSA) is 49.7 Å². The van der Waals surface area contributed by atoms with E-state index < -0.39 is 8.32 Å². The van der Waals surface area contributed by atoms with Crippen molar-refractivity contribution >= 4 is 18.7 Å². The van der Waals surface area contributed by atoms with Crippen LogP contribution in [0.5, 0.6) is 5.75 Å². The predicted molar refractivity (Wildman–Crippen MR) is 173 cm³/mol. The molecule has 3 nitrogen and oxygen atoms in total. The van der Waals surface area contributed by atoms with Crippen molar-refractivity contribution in [3.63, 3.8) is 0 Å². The van der Waals surface area contributed by atoms with Gasteiger partial charge in [-0.3, -0.25) is 0 Å². The predicted octanol–water partition coefficient (Wildman–Crippen LogP) is 6.92. The summed E-state index contributed by atoms with van der Waals surface area (Å²) in [5, 5.41) is 12.8. The van der Waals surface area contributed by atoms with E-state index in [2.05, 4.69) is 87.5 Å². The Hall–Kier alpha value is -2.40. The van der Waals surface area contributed by atoms with Gasteiger partial charge in [-0.25, -0.2) is 0 Å². The first-order valence-corrected chi connectivity index (χ1v) is 17.9. The van der Waals surface area contributed by atoms with E-state index in [1.165, 1.54) is 17.5 Å². The van der Waals surface area contributed by atoms with Crippen molar-refractivity contribution in [2.24, 2.45) is 23.7 Å². The summed E-state index contributed by atoms with van der Waals surface area (Å²) in [5.41, 5.74) is 2.85. The number of hydrogen-bond acceptors (Lipinski definition) is 3. The maximum atomic E-state index is 12.9. The molecule has 5 rings (SSSR count). The van der Waals surface area contributed by atoms with Crippen molar-refractivity contribution in [3.8, 4) is 5.75 Å². The lowest BCUT2D eigenvalue weighted by Gasteiger charge is -2.44. The molecular weight excluding hydrogens is 520 g/mol. The van der Waals surface area contributed by atoms with Crippen molar-refractivity contribution in [2.45, 2.75) is 89.7 Å². The Kier molecular flexibility index (Phi) is 9.42. The Balaban J connectivity index is 1.46. The monoisotopic (exact) mass is 570 g/mol. The Morgan fingerprint density at radius 3 is 2.17 bits per heavy atom. The van der Waals surface area contributed by atoms with Gasteiger partial charge in [0, 0.05) is 0 Å². The number of unbranched alkanes of at least 4 members (excludes halogenated alkanes) is 1. The molecule has 3 aromatic rings. The van der Waals surface area contributed by atoms with E-state index in [-0.39, 0.29) is 11.1 Å². The molecule has 2 aliphatic rings. The third-order valence-electron chi connectivity index (χ3n) is 10.6. The summed E-state index contributed by atoms with van der Waals surface area (Å²) in [5.74, 6) is 3.36. The number of methoxy groups -OCH3 is 1. The van der Waals surface area contributed by atoms with Gasteiger partial charge in [-0.15, -0.1) is 0 Å². The molecule has 0 unspecified atom stereocenters. The highest BCUT2D eigenvalue weighted by atomic mass is 28.4. The zero-order chi connectivity index (χ0) is 29.0. The van der Waals surface area contributed by atoms with Crippen LogP contribution in [0.1, 0.15) is 76.8 Å². The van der Waals surface area contributed by atoms with E-state index >= 15 is 0 Å². The molecule has 0 amide bonds. The van der Waals surface area contributed by atoms with E-state index in [9.17, 15) is 9.90 Å². The number of aliphatic hydroxyl groups excluding tert-OH is 1. The minimum absolute atomic E-state index is 0.210. The largest absolute Gasteiger partial charge is 0.496 e. The maximum Gasteiger partial charge on any atom is 0.258 e. The second-order valence-corrected chi connectivity index (χ2v) is 17.4. The lowest BCUT2D eigenvalue weighted by Crippen LogP contribution is -2.65. The van der Waals surface area contributed by atoms with Gasteiger partial charge < -0.3 is 14.6 Å². The summed E-state index contributed by atoms with van der Waals surface area (Å²) >= 11 is 0. The normalized spacial score (nSPS) is 23.1. The fourth-order valence-corrected chi connectivity index (χ4v) is 12.3. The van der Waals surface area contributed by atoms with Crippen LogP contribution in [-0.2, 0) is 12.8 Å². The summed E-state index contributed by atoms with van der Waals surface area (Å²) in [4.78, 5) is 12.9. The van der Waals surface area contributed by atoms with E-state index in [1.54, 1.807) is 7.11 Å². The molecule has 3 aromatic carbocycles. The molecule has 0 spiro atoms. The second-order valence-electron chi connectivity index (χ2n) is 13.5. The van der Waals surface area contributed by atoms with Gasteiger partial charge in [0.05, 0.1) is 13.2 Å². The fraction of sp³-hybridized carbons (Fsp3) is 0.514. The lowest BCUT2D eigenvalue weighted by molar-refractivity contribution is 0.127. The fourth-order valence-electron chi connectivity index (χ4n) is 8.50. The molecule has 0 aliphatic heterocycles. The zero-order valence-corrected chi connectivity index (χ0v) is 26.6. The average Bonchev–Trinajstić information content (AvgIpc) is 3.32. The van der Waals surface area contributed by atoms with Gasteiger partial charge in [0.2, 0.25) is 0 Å². The average molecular weight is 571 g/mol. The minimum atomic E-state index is -3.09. The quantitative estimate of drug-likeness (QED) is 0.233. The van der Waals surface area contributed by atoms with Gasteiger partial charge >= 0.3 is 0 Å². The molecule has 1 saturated carbocycles. The van der Waals surface area contributed by atoms with Crippen molar-refractivity contribution in [2.75, 3.05) is 7.11 Å². The number of benzene rings is 3. The Morgan fingerprint density at radius 1 is 0.902 bits per heavy atom. The number of rotatable bonds is 12. The smallest absolute Gasteiger partial charge is 0.258 e. The van der Waals surface area contributed by atoms with E-state index in [1.807, 2.05) is 12.1 Å². The van der Waals surface area contributed by atoms with Crippen LogP contribution in [0.25, 0.3) is 0 Å². The Bertz CT molecular complexity index is 1220. The molecular formula is C37H50O3Si. The Morgan fingerprint density at radius 2 is 1.56 bits per heavy atom. The van der Waals surface area contributed by atoms with Crippen LogP contribution in [-0.4, -0.2) is 31.4 Å². The number of aliphatic hydroxyl groups is 1. The van der Waals surface area contributed by atoms with Gasteiger partial charge in [0.25, 0.3) is 8.32 Å². The van der Waals surface area contributed by atoms with Crippen LogP contribution in [0.4, 0.5) is 0 Å². The third kappa shape index (κ3) is 6.07. The van der Waals surface area contributed by atoms with Crippen molar-refractivity contribution in [3.05, 3.63) is 90.0 Å². The van der Waals surface area contributed by atoms with Gasteiger partial charge in [-0.05, 0) is 101 Å². The van der Waals surface area contributed by atoms with Gasteiger partial charge in [0.15, 0.2) is 0 Å². The van der Waals surface area contributed by atoms with Crippen LogP contribution in [0.2, 0.25) is 5.04 Å². The van der Waals surface area contributed by atoms with Gasteiger partial charge in [-0.2, -0.15) is 0 Å². The Labute approximate surface area is 249 Å². The second kappa shape index (κ2) is 12.9. The molecule has 1 fully saturated rings. The van der Waals surface area contributed by atoms with Crippen molar-refractivity contribution in [1.29, 1.82) is 0 Å². The number of ether oxygens (including phenoxy) is 1. The number of fused-ring (bicyclic) bond motifs is 2. The third-order valence-corrected chi connectivity index (χ3v) is 15.1. The van der Waals surface area contributed by atoms with Crippen LogP contribution in [0, 0.1) is 23.7 Å². The molecule has 2 aliphatic carbocycles. The number of hydrogen-bond donors (Lipinski definition) is 2. The van der Waals surface area contributed by atoms with Crippen LogP contribution >= 0.6 is 0 Å². The molecule has 2 N–H and O–H groups in total. The maximum absolute atomic E-state index is 12.9. The highest BCUT2D eigenvalue weighted by Gasteiger charge is 2.54. The first-order chi connectivity index (χ1) is 19.8. The van der Waals surface area contributed by atoms with Gasteiger partial charge in [0.1, 0.15) is 5.75 Å². The van der Waals surface area contributed by atoms with E-state index in [0.29, 0.717) is 23.7 Å². The molecule has 5 atom stereocenters. The SMILES string of the molecule is CCCC[C@H](O)CC[C@H]1[C@H](CC(C)(C)[Si](O)(c2ccccc2)c2ccccc2)C[C@@H]2Cc3c(cccc3OC)C[C@@H]21. The van der Waals surface area contributed by atoms with Crippen molar-refractivity contribution in [1.82, 2.24) is 0 Å². The van der Waals surface area contributed by atoms with Crippen molar-refractivity contribution < 1.29 is 14.6 Å². The molecule has 220 valence electrons. The van der Waals surface area contributed by atoms with Gasteiger partial charge in [-0.1, -0.05) is 106 Å².